The second-order valence-corrected chi connectivity index (χ2v) is 6.10. The number of benzene rings is 2. The lowest BCUT2D eigenvalue weighted by atomic mass is 10.1. The molecule has 0 atom stereocenters. The Kier molecular flexibility index (Phi) is 4.58. The highest BCUT2D eigenvalue weighted by Gasteiger charge is 2.25. The summed E-state index contributed by atoms with van der Waals surface area (Å²) in [4.78, 5) is 16.3. The van der Waals surface area contributed by atoms with Gasteiger partial charge in [-0.25, -0.2) is 9.79 Å². The van der Waals surface area contributed by atoms with Gasteiger partial charge < -0.3 is 13.9 Å². The number of carbonyl (C=O) groups is 1. The quantitative estimate of drug-likeness (QED) is 0.497. The second kappa shape index (κ2) is 7.33. The molecule has 134 valence electrons. The van der Waals surface area contributed by atoms with Crippen molar-refractivity contribution in [2.75, 3.05) is 0 Å². The summed E-state index contributed by atoms with van der Waals surface area (Å²) in [5, 5.41) is 0. The molecular weight excluding hydrogens is 342 g/mol. The molecule has 0 amide bonds. The maximum atomic E-state index is 12.0. The fourth-order valence-electron chi connectivity index (χ4n) is 2.70. The van der Waals surface area contributed by atoms with Crippen LogP contribution in [-0.2, 0) is 16.1 Å². The minimum absolute atomic E-state index is 0.170. The summed E-state index contributed by atoms with van der Waals surface area (Å²) in [6.45, 7) is 2.54. The van der Waals surface area contributed by atoms with Crippen LogP contribution in [0.15, 0.2) is 82.0 Å². The zero-order valence-corrected chi connectivity index (χ0v) is 14.7. The van der Waals surface area contributed by atoms with E-state index in [9.17, 15) is 4.79 Å². The van der Waals surface area contributed by atoms with Gasteiger partial charge in [0.1, 0.15) is 12.4 Å². The van der Waals surface area contributed by atoms with E-state index in [0.29, 0.717) is 18.1 Å². The lowest BCUT2D eigenvalue weighted by Crippen LogP contribution is -2.04. The van der Waals surface area contributed by atoms with Gasteiger partial charge in [0, 0.05) is 0 Å². The Morgan fingerprint density at radius 2 is 1.96 bits per heavy atom. The van der Waals surface area contributed by atoms with Crippen molar-refractivity contribution in [2.45, 2.75) is 13.5 Å². The topological polar surface area (TPSA) is 61.0 Å². The van der Waals surface area contributed by atoms with Crippen molar-refractivity contribution in [3.8, 4) is 5.75 Å². The molecule has 1 aliphatic heterocycles. The fourth-order valence-corrected chi connectivity index (χ4v) is 2.70. The number of ether oxygens (including phenoxy) is 2. The van der Waals surface area contributed by atoms with Crippen molar-refractivity contribution in [3.63, 3.8) is 0 Å². The molecule has 27 heavy (non-hydrogen) atoms. The number of carbonyl (C=O) groups excluding carboxylic acids is 1. The first-order chi connectivity index (χ1) is 13.2. The average Bonchev–Trinajstić information content (AvgIpc) is 3.32. The molecule has 5 nitrogen and oxygen atoms in total. The predicted octanol–water partition coefficient (Wildman–Crippen LogP) is 4.51. The molecule has 0 saturated heterocycles. The Balaban J connectivity index is 1.51. The van der Waals surface area contributed by atoms with Gasteiger partial charge in [-0.1, -0.05) is 36.4 Å². The van der Waals surface area contributed by atoms with Gasteiger partial charge in [0.25, 0.3) is 5.90 Å². The van der Waals surface area contributed by atoms with Gasteiger partial charge in [-0.15, -0.1) is 0 Å². The molecular formula is C22H17NO4. The minimum Gasteiger partial charge on any atom is -0.489 e. The highest BCUT2D eigenvalue weighted by Crippen LogP contribution is 2.22. The van der Waals surface area contributed by atoms with Crippen LogP contribution in [0, 0.1) is 6.92 Å². The molecule has 0 radical (unpaired) electrons. The molecule has 5 heteroatoms. The summed E-state index contributed by atoms with van der Waals surface area (Å²) >= 11 is 0. The van der Waals surface area contributed by atoms with Crippen LogP contribution in [0.1, 0.15) is 22.5 Å². The lowest BCUT2D eigenvalue weighted by molar-refractivity contribution is -0.130. The fraction of sp³-hybridized carbons (Fsp3) is 0.0909. The van der Waals surface area contributed by atoms with E-state index in [1.807, 2.05) is 42.5 Å². The Morgan fingerprint density at radius 1 is 1.07 bits per heavy atom. The van der Waals surface area contributed by atoms with E-state index in [1.54, 1.807) is 18.2 Å². The van der Waals surface area contributed by atoms with Crippen LogP contribution in [0.4, 0.5) is 0 Å². The standard InChI is InChI=1S/C22H17NO4/c1-15-6-2-3-8-17(15)14-26-18-9-4-7-16(12-18)13-19-22(24)27-21(23-19)20-10-5-11-25-20/h2-13H,14H2,1H3/b19-13-. The lowest BCUT2D eigenvalue weighted by Gasteiger charge is -2.09. The van der Waals surface area contributed by atoms with E-state index < -0.39 is 5.97 Å². The molecule has 1 aliphatic rings. The van der Waals surface area contributed by atoms with Crippen LogP contribution in [0.3, 0.4) is 0 Å². The van der Waals surface area contributed by atoms with Crippen molar-refractivity contribution >= 4 is 17.9 Å². The zero-order valence-electron chi connectivity index (χ0n) is 14.7. The number of nitrogens with zero attached hydrogens (tertiary/aromatic N) is 1. The first kappa shape index (κ1) is 16.8. The van der Waals surface area contributed by atoms with Crippen LogP contribution in [0.2, 0.25) is 0 Å². The molecule has 0 saturated carbocycles. The summed E-state index contributed by atoms with van der Waals surface area (Å²) in [7, 11) is 0. The second-order valence-electron chi connectivity index (χ2n) is 6.10. The van der Waals surface area contributed by atoms with Crippen LogP contribution in [-0.4, -0.2) is 11.9 Å². The number of furan rings is 1. The maximum Gasteiger partial charge on any atom is 0.363 e. The van der Waals surface area contributed by atoms with Crippen molar-refractivity contribution in [2.24, 2.45) is 4.99 Å². The van der Waals surface area contributed by atoms with E-state index in [0.717, 1.165) is 11.1 Å². The van der Waals surface area contributed by atoms with Crippen LogP contribution >= 0.6 is 0 Å². The number of esters is 1. The summed E-state index contributed by atoms with van der Waals surface area (Å²) in [6.07, 6.45) is 3.17. The number of hydrogen-bond acceptors (Lipinski definition) is 5. The Labute approximate surface area is 156 Å². The molecule has 2 heterocycles. The molecule has 0 aliphatic carbocycles. The molecule has 0 N–H and O–H groups in total. The maximum absolute atomic E-state index is 12.0. The van der Waals surface area contributed by atoms with Gasteiger partial charge in [0.2, 0.25) is 0 Å². The van der Waals surface area contributed by atoms with Gasteiger partial charge in [-0.3, -0.25) is 0 Å². The van der Waals surface area contributed by atoms with Crippen molar-refractivity contribution in [1.82, 2.24) is 0 Å². The highest BCUT2D eigenvalue weighted by atomic mass is 16.6. The SMILES string of the molecule is Cc1ccccc1COc1cccc(/C=C2\N=C(c3ccco3)OC2=O)c1. The van der Waals surface area contributed by atoms with Crippen LogP contribution in [0.25, 0.3) is 6.08 Å². The van der Waals surface area contributed by atoms with Crippen LogP contribution < -0.4 is 4.74 Å². The summed E-state index contributed by atoms with van der Waals surface area (Å²) in [6, 6.07) is 19.0. The normalized spacial score (nSPS) is 14.9. The number of cyclic esters (lactones) is 1. The number of aryl methyl sites for hydroxylation is 1. The largest absolute Gasteiger partial charge is 0.489 e. The van der Waals surface area contributed by atoms with E-state index in [-0.39, 0.29) is 11.6 Å². The Bertz CT molecular complexity index is 1030. The van der Waals surface area contributed by atoms with E-state index >= 15 is 0 Å². The minimum atomic E-state index is -0.507. The first-order valence-corrected chi connectivity index (χ1v) is 8.53. The third-order valence-electron chi connectivity index (χ3n) is 4.17. The molecule has 3 aromatic rings. The zero-order chi connectivity index (χ0) is 18.6. The molecule has 0 spiro atoms. The number of hydrogen-bond donors (Lipinski definition) is 0. The van der Waals surface area contributed by atoms with E-state index in [1.165, 1.54) is 11.8 Å². The van der Waals surface area contributed by atoms with E-state index in [4.69, 9.17) is 13.9 Å². The number of aliphatic imine (C=N–C) groups is 1. The molecule has 0 unspecified atom stereocenters. The smallest absolute Gasteiger partial charge is 0.363 e. The average molecular weight is 359 g/mol. The molecule has 4 rings (SSSR count). The summed E-state index contributed by atoms with van der Waals surface area (Å²) in [5.41, 5.74) is 3.34. The van der Waals surface area contributed by atoms with Gasteiger partial charge in [0.05, 0.1) is 6.26 Å². The third kappa shape index (κ3) is 3.82. The third-order valence-corrected chi connectivity index (χ3v) is 4.17. The monoisotopic (exact) mass is 359 g/mol. The molecule has 0 bridgehead atoms. The van der Waals surface area contributed by atoms with Gasteiger partial charge in [-0.2, -0.15) is 0 Å². The predicted molar refractivity (Wildman–Crippen MR) is 101 cm³/mol. The van der Waals surface area contributed by atoms with Crippen molar-refractivity contribution in [1.29, 1.82) is 0 Å². The molecule has 2 aromatic carbocycles. The van der Waals surface area contributed by atoms with Gasteiger partial charge in [0.15, 0.2) is 11.5 Å². The summed E-state index contributed by atoms with van der Waals surface area (Å²) < 4.78 is 16.3. The Morgan fingerprint density at radius 3 is 2.78 bits per heavy atom. The molecule has 0 fully saturated rings. The van der Waals surface area contributed by atoms with Gasteiger partial charge >= 0.3 is 5.97 Å². The van der Waals surface area contributed by atoms with Crippen molar-refractivity contribution in [3.05, 3.63) is 95.1 Å². The Hall–Kier alpha value is -3.60. The number of rotatable bonds is 5. The van der Waals surface area contributed by atoms with Crippen LogP contribution in [0.5, 0.6) is 5.75 Å². The van der Waals surface area contributed by atoms with E-state index in [2.05, 4.69) is 18.0 Å². The summed E-state index contributed by atoms with van der Waals surface area (Å²) in [5.74, 6) is 0.798. The van der Waals surface area contributed by atoms with Crippen molar-refractivity contribution < 1.29 is 18.7 Å². The van der Waals surface area contributed by atoms with Gasteiger partial charge in [-0.05, 0) is 54.0 Å². The molecule has 1 aromatic heterocycles. The first-order valence-electron chi connectivity index (χ1n) is 8.53. The highest BCUT2D eigenvalue weighted by molar-refractivity contribution is 6.11.